The Bertz CT molecular complexity index is 249. The second kappa shape index (κ2) is 2.02. The highest BCUT2D eigenvalue weighted by atomic mass is 16.5. The van der Waals surface area contributed by atoms with Crippen molar-refractivity contribution in [2.24, 2.45) is 0 Å². The van der Waals surface area contributed by atoms with Crippen molar-refractivity contribution >= 4 is 12.4 Å². The summed E-state index contributed by atoms with van der Waals surface area (Å²) in [6.45, 7) is -0.0181. The molecule has 1 aliphatic rings. The molecule has 0 unspecified atom stereocenters. The highest BCUT2D eigenvalue weighted by molar-refractivity contribution is 6.68. The van der Waals surface area contributed by atoms with Gasteiger partial charge in [0.05, 0.1) is 6.51 Å². The molecule has 3 heteroatoms. The second-order valence-corrected chi connectivity index (χ2v) is 2.36. The molecular formula is C7H7BO2. The minimum absolute atomic E-state index is 0.402. The fraction of sp³-hybridized carbons (Fsp3) is 0.143. The molecular weight excluding hydrogens is 127 g/mol. The fourth-order valence-electron chi connectivity index (χ4n) is 1.15. The summed E-state index contributed by atoms with van der Waals surface area (Å²) in [5.41, 5.74) is 0.905. The largest absolute Gasteiger partial charge is 0.499 e. The summed E-state index contributed by atoms with van der Waals surface area (Å²) in [4.78, 5) is 0. The maximum absolute atomic E-state index is 9.26. The topological polar surface area (TPSA) is 29.5 Å². The van der Waals surface area contributed by atoms with Gasteiger partial charge in [-0.2, -0.15) is 0 Å². The van der Waals surface area contributed by atoms with Crippen molar-refractivity contribution in [1.29, 1.82) is 0 Å². The Balaban J connectivity index is 2.51. The van der Waals surface area contributed by atoms with E-state index in [1.54, 1.807) is 0 Å². The monoisotopic (exact) mass is 134 g/mol. The molecule has 0 saturated heterocycles. The Labute approximate surface area is 59.6 Å². The molecule has 0 aliphatic carbocycles. The van der Waals surface area contributed by atoms with Gasteiger partial charge in [-0.15, -0.1) is 0 Å². The summed E-state index contributed by atoms with van der Waals surface area (Å²) in [5, 5.41) is 9.26. The van der Waals surface area contributed by atoms with Gasteiger partial charge in [0, 0.05) is 0 Å². The van der Waals surface area contributed by atoms with Crippen molar-refractivity contribution in [1.82, 2.24) is 0 Å². The molecule has 1 aromatic carbocycles. The van der Waals surface area contributed by atoms with Crippen molar-refractivity contribution in [3.8, 4) is 5.75 Å². The summed E-state index contributed by atoms with van der Waals surface area (Å²) in [5.74, 6) is 0.815. The Hall–Kier alpha value is -0.955. The number of rotatable bonds is 0. The molecule has 1 aliphatic heterocycles. The van der Waals surface area contributed by atoms with Crippen LogP contribution in [0.5, 0.6) is 5.75 Å². The molecule has 1 heterocycles. The zero-order valence-electron chi connectivity index (χ0n) is 5.45. The average Bonchev–Trinajstić information content (AvgIpc) is 2.34. The van der Waals surface area contributed by atoms with Crippen LogP contribution >= 0.6 is 0 Å². The average molecular weight is 134 g/mol. The molecule has 0 spiro atoms. The van der Waals surface area contributed by atoms with Crippen LogP contribution in [0, 0.1) is 0 Å². The minimum Gasteiger partial charge on any atom is -0.499 e. The van der Waals surface area contributed by atoms with Gasteiger partial charge in [-0.25, -0.2) is 0 Å². The highest BCUT2D eigenvalue weighted by Gasteiger charge is 2.25. The van der Waals surface area contributed by atoms with Gasteiger partial charge in [0.1, 0.15) is 5.75 Å². The Morgan fingerprint density at radius 2 is 2.20 bits per heavy atom. The van der Waals surface area contributed by atoms with Crippen LogP contribution in [0.1, 0.15) is 0 Å². The molecule has 0 fully saturated rings. The molecule has 0 radical (unpaired) electrons. The highest BCUT2D eigenvalue weighted by Crippen LogP contribution is 2.12. The van der Waals surface area contributed by atoms with Gasteiger partial charge >= 0.3 is 6.92 Å². The van der Waals surface area contributed by atoms with Crippen LogP contribution in [0.2, 0.25) is 0 Å². The van der Waals surface area contributed by atoms with Gasteiger partial charge < -0.3 is 9.76 Å². The second-order valence-electron chi connectivity index (χ2n) is 2.36. The lowest BCUT2D eigenvalue weighted by Gasteiger charge is -1.94. The number of hydrogen-bond donors (Lipinski definition) is 1. The van der Waals surface area contributed by atoms with Gasteiger partial charge in [0.2, 0.25) is 0 Å². The van der Waals surface area contributed by atoms with Crippen LogP contribution in [0.4, 0.5) is 0 Å². The van der Waals surface area contributed by atoms with Gasteiger partial charge in [-0.3, -0.25) is 0 Å². The van der Waals surface area contributed by atoms with Crippen LogP contribution in [0.25, 0.3) is 0 Å². The van der Waals surface area contributed by atoms with E-state index in [4.69, 9.17) is 4.74 Å². The Morgan fingerprint density at radius 1 is 1.40 bits per heavy atom. The minimum atomic E-state index is -0.420. The van der Waals surface area contributed by atoms with Crippen LogP contribution in [0.3, 0.4) is 0 Å². The fourth-order valence-corrected chi connectivity index (χ4v) is 1.15. The summed E-state index contributed by atoms with van der Waals surface area (Å²) >= 11 is 0. The van der Waals surface area contributed by atoms with E-state index < -0.39 is 6.92 Å². The molecule has 0 atom stereocenters. The first kappa shape index (κ1) is 5.80. The van der Waals surface area contributed by atoms with E-state index >= 15 is 0 Å². The lowest BCUT2D eigenvalue weighted by Crippen LogP contribution is -2.28. The van der Waals surface area contributed by atoms with Crippen LogP contribution in [-0.4, -0.2) is 18.4 Å². The smallest absolute Gasteiger partial charge is 0.367 e. The van der Waals surface area contributed by atoms with E-state index in [1.165, 1.54) is 0 Å². The summed E-state index contributed by atoms with van der Waals surface area (Å²) < 4.78 is 5.16. The third-order valence-corrected chi connectivity index (χ3v) is 1.67. The zero-order valence-corrected chi connectivity index (χ0v) is 5.45. The third kappa shape index (κ3) is 0.710. The predicted octanol–water partition coefficient (Wildman–Crippen LogP) is -0.191. The molecule has 1 N–H and O–H groups in total. The summed E-state index contributed by atoms with van der Waals surface area (Å²) in [6, 6.07) is 7.55. The van der Waals surface area contributed by atoms with E-state index in [0.717, 1.165) is 11.2 Å². The van der Waals surface area contributed by atoms with Crippen molar-refractivity contribution in [2.45, 2.75) is 0 Å². The Kier molecular flexibility index (Phi) is 1.17. The van der Waals surface area contributed by atoms with Crippen molar-refractivity contribution in [3.63, 3.8) is 0 Å². The number of hydrogen-bond acceptors (Lipinski definition) is 2. The van der Waals surface area contributed by atoms with Crippen LogP contribution < -0.4 is 10.2 Å². The van der Waals surface area contributed by atoms with Crippen molar-refractivity contribution in [2.75, 3.05) is 6.51 Å². The maximum atomic E-state index is 9.26. The first-order valence-electron chi connectivity index (χ1n) is 3.28. The van der Waals surface area contributed by atoms with Crippen LogP contribution in [-0.2, 0) is 0 Å². The van der Waals surface area contributed by atoms with Gasteiger partial charge in [0.15, 0.2) is 0 Å². The molecule has 50 valence electrons. The first-order valence-corrected chi connectivity index (χ1v) is 3.28. The third-order valence-electron chi connectivity index (χ3n) is 1.67. The van der Waals surface area contributed by atoms with E-state index in [1.807, 2.05) is 24.3 Å². The van der Waals surface area contributed by atoms with Crippen LogP contribution in [0.15, 0.2) is 24.3 Å². The molecule has 0 saturated carbocycles. The molecule has 2 nitrogen and oxygen atoms in total. The lowest BCUT2D eigenvalue weighted by atomic mass is 9.64. The predicted molar refractivity (Wildman–Crippen MR) is 39.5 cm³/mol. The first-order chi connectivity index (χ1) is 4.88. The van der Waals surface area contributed by atoms with E-state index in [2.05, 4.69) is 0 Å². The summed E-state index contributed by atoms with van der Waals surface area (Å²) in [7, 11) is 0. The summed E-state index contributed by atoms with van der Waals surface area (Å²) in [6.07, 6.45) is 0. The lowest BCUT2D eigenvalue weighted by molar-refractivity contribution is 0.381. The normalized spacial score (nSPS) is 14.7. The molecule has 0 bridgehead atoms. The quantitative estimate of drug-likeness (QED) is 0.498. The molecule has 10 heavy (non-hydrogen) atoms. The van der Waals surface area contributed by atoms with E-state index in [0.29, 0.717) is 6.51 Å². The van der Waals surface area contributed by atoms with E-state index in [-0.39, 0.29) is 0 Å². The standard InChI is InChI=1S/C7H7BO2/c9-8-5-10-7-4-2-1-3-6(7)8/h1-4,9H,5H2. The van der Waals surface area contributed by atoms with Gasteiger partial charge in [-0.1, -0.05) is 18.2 Å². The molecule has 1 aromatic rings. The van der Waals surface area contributed by atoms with Crippen molar-refractivity contribution in [3.05, 3.63) is 24.3 Å². The molecule has 0 amide bonds. The zero-order chi connectivity index (χ0) is 6.97. The number of benzene rings is 1. The maximum Gasteiger partial charge on any atom is 0.367 e. The van der Waals surface area contributed by atoms with Gasteiger partial charge in [-0.05, 0) is 11.5 Å². The van der Waals surface area contributed by atoms with Gasteiger partial charge in [0.25, 0.3) is 0 Å². The van der Waals surface area contributed by atoms with Crippen molar-refractivity contribution < 1.29 is 9.76 Å². The number of para-hydroxylation sites is 1. The van der Waals surface area contributed by atoms with E-state index in [9.17, 15) is 5.02 Å². The Morgan fingerprint density at radius 3 is 3.00 bits per heavy atom. The molecule has 0 aromatic heterocycles. The number of fused-ring (bicyclic) bond motifs is 1. The SMILES string of the molecule is OB1COc2ccccc21. The molecule has 2 rings (SSSR count). The number of ether oxygens (including phenoxy) is 1.